The first-order valence-corrected chi connectivity index (χ1v) is 7.99. The van der Waals surface area contributed by atoms with Gasteiger partial charge in [-0.25, -0.2) is 0 Å². The third kappa shape index (κ3) is 3.17. The summed E-state index contributed by atoms with van der Waals surface area (Å²) < 4.78 is 39.9. The second kappa shape index (κ2) is 6.19. The van der Waals surface area contributed by atoms with Crippen molar-refractivity contribution in [1.82, 2.24) is 24.7 Å². The van der Waals surface area contributed by atoms with Crippen molar-refractivity contribution in [3.63, 3.8) is 0 Å². The molecule has 1 aliphatic rings. The lowest BCUT2D eigenvalue weighted by molar-refractivity contribution is -0.146. The summed E-state index contributed by atoms with van der Waals surface area (Å²) in [6.07, 6.45) is -2.34. The number of piperidine rings is 1. The monoisotopic (exact) mass is 342 g/mol. The second-order valence-electron chi connectivity index (χ2n) is 6.51. The Hall–Kier alpha value is -1.90. The van der Waals surface area contributed by atoms with E-state index in [4.69, 9.17) is 0 Å². The Kier molecular flexibility index (Phi) is 4.37. The minimum absolute atomic E-state index is 0.141. The summed E-state index contributed by atoms with van der Waals surface area (Å²) in [5.41, 5.74) is 1.59. The van der Waals surface area contributed by atoms with Gasteiger partial charge in [-0.2, -0.15) is 17.7 Å². The molecule has 0 unspecified atom stereocenters. The molecule has 1 saturated heterocycles. The van der Waals surface area contributed by atoms with Gasteiger partial charge < -0.3 is 10.2 Å². The third-order valence-electron chi connectivity index (χ3n) is 4.63. The summed E-state index contributed by atoms with van der Waals surface area (Å²) in [5.74, 6) is -0.177. The fourth-order valence-electron chi connectivity index (χ4n) is 3.15. The molecule has 6 nitrogen and oxygen atoms in total. The molecule has 1 aliphatic heterocycles. The zero-order valence-electron chi connectivity index (χ0n) is 14.0. The average Bonchev–Trinajstić information content (AvgIpc) is 2.93. The molecule has 0 aromatic carbocycles. The number of rotatable bonds is 3. The SMILES string of the molecule is Cc1c(NC[C@H]2CCCN(C)C2)nn2c(C(F)(F)F)nnc2c1C. The molecular formula is C15H21F3N6. The number of aromatic nitrogens is 4. The highest BCUT2D eigenvalue weighted by Crippen LogP contribution is 2.29. The van der Waals surface area contributed by atoms with Crippen molar-refractivity contribution in [3.8, 4) is 0 Å². The van der Waals surface area contributed by atoms with Crippen molar-refractivity contribution in [2.75, 3.05) is 32.0 Å². The Morgan fingerprint density at radius 1 is 1.21 bits per heavy atom. The average molecular weight is 342 g/mol. The number of hydrogen-bond donors (Lipinski definition) is 1. The second-order valence-corrected chi connectivity index (χ2v) is 6.51. The van der Waals surface area contributed by atoms with Crippen molar-refractivity contribution >= 4 is 11.5 Å². The van der Waals surface area contributed by atoms with Gasteiger partial charge in [0.05, 0.1) is 0 Å². The number of anilines is 1. The zero-order valence-corrected chi connectivity index (χ0v) is 14.0. The molecule has 132 valence electrons. The first-order chi connectivity index (χ1) is 11.3. The van der Waals surface area contributed by atoms with Gasteiger partial charge in [0.2, 0.25) is 0 Å². The molecule has 2 aromatic rings. The fourth-order valence-corrected chi connectivity index (χ4v) is 3.15. The Balaban J connectivity index is 1.88. The fraction of sp³-hybridized carbons (Fsp3) is 0.667. The molecule has 2 aromatic heterocycles. The zero-order chi connectivity index (χ0) is 17.5. The minimum Gasteiger partial charge on any atom is -0.368 e. The summed E-state index contributed by atoms with van der Waals surface area (Å²) in [4.78, 5) is 2.27. The van der Waals surface area contributed by atoms with Gasteiger partial charge in [0.15, 0.2) is 5.65 Å². The van der Waals surface area contributed by atoms with Gasteiger partial charge in [-0.05, 0) is 51.8 Å². The van der Waals surface area contributed by atoms with E-state index < -0.39 is 12.0 Å². The van der Waals surface area contributed by atoms with E-state index in [0.29, 0.717) is 23.8 Å². The van der Waals surface area contributed by atoms with Crippen molar-refractivity contribution in [3.05, 3.63) is 17.0 Å². The summed E-state index contributed by atoms with van der Waals surface area (Å²) in [5, 5.41) is 14.2. The van der Waals surface area contributed by atoms with Crippen molar-refractivity contribution in [2.45, 2.75) is 32.9 Å². The van der Waals surface area contributed by atoms with Crippen LogP contribution in [0.3, 0.4) is 0 Å². The normalized spacial score (nSPS) is 19.8. The van der Waals surface area contributed by atoms with Crippen molar-refractivity contribution in [2.24, 2.45) is 5.92 Å². The molecule has 9 heteroatoms. The van der Waals surface area contributed by atoms with Crippen LogP contribution in [-0.2, 0) is 6.18 Å². The van der Waals surface area contributed by atoms with Gasteiger partial charge in [0.25, 0.3) is 5.82 Å². The van der Waals surface area contributed by atoms with E-state index in [-0.39, 0.29) is 5.65 Å². The largest absolute Gasteiger partial charge is 0.453 e. The van der Waals surface area contributed by atoms with E-state index in [0.717, 1.165) is 36.0 Å². The maximum absolute atomic E-state index is 13.0. The maximum atomic E-state index is 13.0. The quantitative estimate of drug-likeness (QED) is 0.929. The Labute approximate surface area is 138 Å². The van der Waals surface area contributed by atoms with Gasteiger partial charge in [0, 0.05) is 18.7 Å². The standard InChI is InChI=1S/C15H21F3N6/c1-9-10(2)13-20-21-14(15(16,17)18)24(13)22-12(9)19-7-11-5-4-6-23(3)8-11/h11H,4-8H2,1-3H3,(H,19,22)/t11-/m1/s1. The number of likely N-dealkylation sites (tertiary alicyclic amines) is 1. The van der Waals surface area contributed by atoms with Crippen LogP contribution in [0.25, 0.3) is 5.65 Å². The van der Waals surface area contributed by atoms with Gasteiger partial charge in [-0.3, -0.25) is 0 Å². The van der Waals surface area contributed by atoms with Gasteiger partial charge in [-0.1, -0.05) is 0 Å². The van der Waals surface area contributed by atoms with Gasteiger partial charge in [0.1, 0.15) is 5.82 Å². The van der Waals surface area contributed by atoms with E-state index in [1.54, 1.807) is 6.92 Å². The lowest BCUT2D eigenvalue weighted by atomic mass is 9.98. The van der Waals surface area contributed by atoms with Gasteiger partial charge in [-0.15, -0.1) is 15.3 Å². The molecule has 0 radical (unpaired) electrons. The summed E-state index contributed by atoms with van der Waals surface area (Å²) in [6.45, 7) is 6.33. The van der Waals surface area contributed by atoms with E-state index >= 15 is 0 Å². The molecule has 1 N–H and O–H groups in total. The van der Waals surface area contributed by atoms with Gasteiger partial charge >= 0.3 is 6.18 Å². The smallest absolute Gasteiger partial charge is 0.368 e. The molecule has 3 heterocycles. The number of alkyl halides is 3. The highest BCUT2D eigenvalue weighted by Gasteiger charge is 2.38. The molecule has 0 spiro atoms. The van der Waals surface area contributed by atoms with E-state index in [1.807, 2.05) is 6.92 Å². The summed E-state index contributed by atoms with van der Waals surface area (Å²) >= 11 is 0. The Morgan fingerprint density at radius 3 is 2.62 bits per heavy atom. The number of aryl methyl sites for hydroxylation is 1. The lowest BCUT2D eigenvalue weighted by Gasteiger charge is -2.30. The van der Waals surface area contributed by atoms with E-state index in [9.17, 15) is 13.2 Å². The Bertz CT molecular complexity index is 739. The Morgan fingerprint density at radius 2 is 1.96 bits per heavy atom. The highest BCUT2D eigenvalue weighted by atomic mass is 19.4. The first kappa shape index (κ1) is 16.9. The molecule has 24 heavy (non-hydrogen) atoms. The first-order valence-electron chi connectivity index (χ1n) is 7.99. The molecule has 3 rings (SSSR count). The maximum Gasteiger partial charge on any atom is 0.453 e. The molecule has 1 atom stereocenters. The number of fused-ring (bicyclic) bond motifs is 1. The highest BCUT2D eigenvalue weighted by molar-refractivity contribution is 5.58. The number of halogens is 3. The van der Waals surface area contributed by atoms with Crippen LogP contribution in [0.2, 0.25) is 0 Å². The molecule has 0 amide bonds. The van der Waals surface area contributed by atoms with Crippen LogP contribution < -0.4 is 5.32 Å². The number of nitrogens with zero attached hydrogens (tertiary/aromatic N) is 5. The number of nitrogens with one attached hydrogen (secondary N) is 1. The molecular weight excluding hydrogens is 321 g/mol. The van der Waals surface area contributed by atoms with Crippen LogP contribution in [0.5, 0.6) is 0 Å². The number of hydrogen-bond acceptors (Lipinski definition) is 5. The van der Waals surface area contributed by atoms with E-state index in [2.05, 4.69) is 32.6 Å². The van der Waals surface area contributed by atoms with Crippen molar-refractivity contribution in [1.29, 1.82) is 0 Å². The van der Waals surface area contributed by atoms with Crippen LogP contribution in [0.15, 0.2) is 0 Å². The van der Waals surface area contributed by atoms with E-state index in [1.165, 1.54) is 0 Å². The molecule has 0 saturated carbocycles. The summed E-state index contributed by atoms with van der Waals surface area (Å²) in [6, 6.07) is 0. The van der Waals surface area contributed by atoms with Crippen LogP contribution in [0.1, 0.15) is 29.8 Å². The van der Waals surface area contributed by atoms with Crippen LogP contribution in [0.4, 0.5) is 19.0 Å². The molecule has 1 fully saturated rings. The third-order valence-corrected chi connectivity index (χ3v) is 4.63. The topological polar surface area (TPSA) is 58.4 Å². The predicted molar refractivity (Wildman–Crippen MR) is 84.0 cm³/mol. The van der Waals surface area contributed by atoms with Crippen LogP contribution in [0, 0.1) is 19.8 Å². The minimum atomic E-state index is -4.59. The van der Waals surface area contributed by atoms with Crippen molar-refractivity contribution < 1.29 is 13.2 Å². The molecule has 0 aliphatic carbocycles. The van der Waals surface area contributed by atoms with Crippen LogP contribution >= 0.6 is 0 Å². The van der Waals surface area contributed by atoms with Crippen LogP contribution in [-0.4, -0.2) is 51.4 Å². The lowest BCUT2D eigenvalue weighted by Crippen LogP contribution is -2.35. The predicted octanol–water partition coefficient (Wildman–Crippen LogP) is 2.51. The summed E-state index contributed by atoms with van der Waals surface area (Å²) in [7, 11) is 2.08. The molecule has 0 bridgehead atoms.